The van der Waals surface area contributed by atoms with Crippen LogP contribution >= 0.6 is 22.0 Å². The van der Waals surface area contributed by atoms with E-state index in [1.54, 1.807) is 29.5 Å². The van der Waals surface area contributed by atoms with Crippen LogP contribution in [0, 0.1) is 0 Å². The van der Waals surface area contributed by atoms with Crippen LogP contribution in [0.4, 0.5) is 0 Å². The molecule has 1 heterocycles. The minimum absolute atomic E-state index is 0.148. The SMILES string of the molecule is O=S(=O)(Cl)c1ccc2sc3ccccc3c2c1. The maximum atomic E-state index is 11.3. The lowest BCUT2D eigenvalue weighted by Crippen LogP contribution is -1.88. The molecule has 3 aromatic rings. The Morgan fingerprint density at radius 2 is 1.65 bits per heavy atom. The van der Waals surface area contributed by atoms with E-state index in [4.69, 9.17) is 10.7 Å². The zero-order valence-electron chi connectivity index (χ0n) is 8.55. The molecule has 5 heteroatoms. The van der Waals surface area contributed by atoms with Crippen LogP contribution in [0.15, 0.2) is 47.4 Å². The van der Waals surface area contributed by atoms with Gasteiger partial charge in [0.05, 0.1) is 4.90 Å². The van der Waals surface area contributed by atoms with Gasteiger partial charge in [-0.15, -0.1) is 11.3 Å². The zero-order chi connectivity index (χ0) is 12.0. The minimum Gasteiger partial charge on any atom is -0.207 e. The number of hydrogen-bond acceptors (Lipinski definition) is 3. The van der Waals surface area contributed by atoms with Crippen molar-refractivity contribution in [3.05, 3.63) is 42.5 Å². The molecule has 0 amide bonds. The van der Waals surface area contributed by atoms with E-state index in [0.29, 0.717) is 0 Å². The lowest BCUT2D eigenvalue weighted by atomic mass is 10.1. The monoisotopic (exact) mass is 282 g/mol. The third-order valence-corrected chi connectivity index (χ3v) is 5.13. The summed E-state index contributed by atoms with van der Waals surface area (Å²) in [5.41, 5.74) is 0. The summed E-state index contributed by atoms with van der Waals surface area (Å²) < 4.78 is 24.8. The molecule has 2 aromatic carbocycles. The van der Waals surface area contributed by atoms with Crippen LogP contribution in [0.5, 0.6) is 0 Å². The molecule has 1 aromatic heterocycles. The van der Waals surface area contributed by atoms with Gasteiger partial charge in [-0.25, -0.2) is 8.42 Å². The third-order valence-electron chi connectivity index (χ3n) is 2.63. The van der Waals surface area contributed by atoms with Crippen molar-refractivity contribution in [1.82, 2.24) is 0 Å². The lowest BCUT2D eigenvalue weighted by molar-refractivity contribution is 0.609. The first-order valence-electron chi connectivity index (χ1n) is 4.92. The molecule has 0 saturated heterocycles. The van der Waals surface area contributed by atoms with Gasteiger partial charge in [-0.1, -0.05) is 18.2 Å². The number of benzene rings is 2. The second-order valence-electron chi connectivity index (χ2n) is 3.69. The van der Waals surface area contributed by atoms with Crippen LogP contribution in [0.1, 0.15) is 0 Å². The van der Waals surface area contributed by atoms with Crippen molar-refractivity contribution < 1.29 is 8.42 Å². The highest BCUT2D eigenvalue weighted by molar-refractivity contribution is 8.13. The van der Waals surface area contributed by atoms with Gasteiger partial charge in [0.2, 0.25) is 0 Å². The molecule has 0 atom stereocenters. The van der Waals surface area contributed by atoms with Crippen LogP contribution in [0.2, 0.25) is 0 Å². The summed E-state index contributed by atoms with van der Waals surface area (Å²) in [6.45, 7) is 0. The molecule has 3 rings (SSSR count). The quantitative estimate of drug-likeness (QED) is 0.633. The number of halogens is 1. The minimum atomic E-state index is -3.66. The Labute approximate surface area is 107 Å². The van der Waals surface area contributed by atoms with Gasteiger partial charge in [-0.3, -0.25) is 0 Å². The summed E-state index contributed by atoms with van der Waals surface area (Å²) in [4.78, 5) is 0.148. The molecule has 0 unspecified atom stereocenters. The highest BCUT2D eigenvalue weighted by Gasteiger charge is 2.12. The Balaban J connectivity index is 2.46. The van der Waals surface area contributed by atoms with E-state index < -0.39 is 9.05 Å². The smallest absolute Gasteiger partial charge is 0.207 e. The molecular formula is C12H7ClO2S2. The maximum absolute atomic E-state index is 11.3. The van der Waals surface area contributed by atoms with Crippen molar-refractivity contribution in [2.75, 3.05) is 0 Å². The molecule has 0 saturated carbocycles. The van der Waals surface area contributed by atoms with E-state index >= 15 is 0 Å². The van der Waals surface area contributed by atoms with Gasteiger partial charge in [0, 0.05) is 30.9 Å². The summed E-state index contributed by atoms with van der Waals surface area (Å²) in [7, 11) is 1.69. The molecule has 2 nitrogen and oxygen atoms in total. The molecule has 0 aliphatic carbocycles. The van der Waals surface area contributed by atoms with Gasteiger partial charge in [-0.2, -0.15) is 0 Å². The van der Waals surface area contributed by atoms with Gasteiger partial charge in [0.25, 0.3) is 9.05 Å². The first-order chi connectivity index (χ1) is 8.05. The highest BCUT2D eigenvalue weighted by Crippen LogP contribution is 2.35. The number of thiophene rings is 1. The fourth-order valence-electron chi connectivity index (χ4n) is 1.86. The second kappa shape index (κ2) is 3.70. The van der Waals surface area contributed by atoms with Gasteiger partial charge in [0.15, 0.2) is 0 Å². The molecule has 0 N–H and O–H groups in total. The van der Waals surface area contributed by atoms with Crippen LogP contribution in [0.3, 0.4) is 0 Å². The van der Waals surface area contributed by atoms with Crippen molar-refractivity contribution in [2.45, 2.75) is 4.90 Å². The summed E-state index contributed by atoms with van der Waals surface area (Å²) in [5.74, 6) is 0. The Kier molecular flexibility index (Phi) is 2.40. The van der Waals surface area contributed by atoms with Crippen molar-refractivity contribution in [3.63, 3.8) is 0 Å². The van der Waals surface area contributed by atoms with E-state index in [0.717, 1.165) is 20.2 Å². The molecule has 0 spiro atoms. The van der Waals surface area contributed by atoms with Gasteiger partial charge >= 0.3 is 0 Å². The van der Waals surface area contributed by atoms with Crippen molar-refractivity contribution in [3.8, 4) is 0 Å². The summed E-state index contributed by atoms with van der Waals surface area (Å²) in [6.07, 6.45) is 0. The standard InChI is InChI=1S/C12H7ClO2S2/c13-17(14,15)8-5-6-12-10(7-8)9-3-1-2-4-11(9)16-12/h1-7H. The van der Waals surface area contributed by atoms with E-state index in [-0.39, 0.29) is 4.90 Å². The Morgan fingerprint density at radius 3 is 2.41 bits per heavy atom. The zero-order valence-corrected chi connectivity index (χ0v) is 10.9. The normalized spacial score (nSPS) is 12.3. The maximum Gasteiger partial charge on any atom is 0.261 e. The first kappa shape index (κ1) is 11.0. The molecule has 17 heavy (non-hydrogen) atoms. The fourth-order valence-corrected chi connectivity index (χ4v) is 3.72. The highest BCUT2D eigenvalue weighted by atomic mass is 35.7. The third kappa shape index (κ3) is 1.82. The van der Waals surface area contributed by atoms with E-state index in [2.05, 4.69) is 0 Å². The average molecular weight is 283 g/mol. The fraction of sp³-hybridized carbons (Fsp3) is 0. The molecule has 86 valence electrons. The number of hydrogen-bond donors (Lipinski definition) is 0. The molecule has 0 aliphatic heterocycles. The first-order valence-corrected chi connectivity index (χ1v) is 8.04. The van der Waals surface area contributed by atoms with E-state index in [9.17, 15) is 8.42 Å². The van der Waals surface area contributed by atoms with E-state index in [1.165, 1.54) is 0 Å². The topological polar surface area (TPSA) is 34.1 Å². The molecule has 0 radical (unpaired) electrons. The molecule has 0 bridgehead atoms. The van der Waals surface area contributed by atoms with Crippen LogP contribution < -0.4 is 0 Å². The largest absolute Gasteiger partial charge is 0.261 e. The number of fused-ring (bicyclic) bond motifs is 3. The van der Waals surface area contributed by atoms with Crippen LogP contribution in [-0.4, -0.2) is 8.42 Å². The van der Waals surface area contributed by atoms with Gasteiger partial charge in [-0.05, 0) is 24.3 Å². The van der Waals surface area contributed by atoms with Crippen LogP contribution in [-0.2, 0) is 9.05 Å². The molecular weight excluding hydrogens is 276 g/mol. The summed E-state index contributed by atoms with van der Waals surface area (Å²) >= 11 is 1.64. The molecule has 0 aliphatic rings. The van der Waals surface area contributed by atoms with Gasteiger partial charge < -0.3 is 0 Å². The van der Waals surface area contributed by atoms with Crippen LogP contribution in [0.25, 0.3) is 20.2 Å². The predicted molar refractivity (Wildman–Crippen MR) is 72.4 cm³/mol. The van der Waals surface area contributed by atoms with Gasteiger partial charge in [0.1, 0.15) is 0 Å². The van der Waals surface area contributed by atoms with E-state index in [1.807, 2.05) is 24.3 Å². The molecule has 0 fully saturated rings. The second-order valence-corrected chi connectivity index (χ2v) is 7.34. The Morgan fingerprint density at radius 1 is 0.941 bits per heavy atom. The summed E-state index contributed by atoms with van der Waals surface area (Å²) in [5, 5.41) is 2.00. The van der Waals surface area contributed by atoms with Crippen molar-refractivity contribution >= 4 is 51.2 Å². The van der Waals surface area contributed by atoms with Crippen molar-refractivity contribution in [1.29, 1.82) is 0 Å². The lowest BCUT2D eigenvalue weighted by Gasteiger charge is -1.96. The summed E-state index contributed by atoms with van der Waals surface area (Å²) in [6, 6.07) is 12.9. The predicted octanol–water partition coefficient (Wildman–Crippen LogP) is 3.98. The average Bonchev–Trinajstić information content (AvgIpc) is 2.65. The Bertz CT molecular complexity index is 819. The Hall–Kier alpha value is -1.10. The number of rotatable bonds is 1. The van der Waals surface area contributed by atoms with Crippen molar-refractivity contribution in [2.24, 2.45) is 0 Å².